The summed E-state index contributed by atoms with van der Waals surface area (Å²) in [6, 6.07) is 3.50. The monoisotopic (exact) mass is 223 g/mol. The fourth-order valence-corrected chi connectivity index (χ4v) is 1.73. The van der Waals surface area contributed by atoms with Gasteiger partial charge in [0, 0.05) is 24.4 Å². The fraction of sp³-hybridized carbons (Fsp3) is 0.273. The zero-order valence-corrected chi connectivity index (χ0v) is 9.26. The highest BCUT2D eigenvalue weighted by Gasteiger charge is 2.09. The summed E-state index contributed by atoms with van der Waals surface area (Å²) in [7, 11) is 0. The van der Waals surface area contributed by atoms with Crippen LogP contribution in [-0.4, -0.2) is 10.8 Å². The second kappa shape index (κ2) is 3.66. The van der Waals surface area contributed by atoms with Gasteiger partial charge in [-0.3, -0.25) is 4.79 Å². The van der Waals surface area contributed by atoms with Crippen molar-refractivity contribution in [2.45, 2.75) is 20.3 Å². The van der Waals surface area contributed by atoms with Crippen molar-refractivity contribution < 1.29 is 9.21 Å². The number of aromatic nitrogens is 1. The molecule has 3 nitrogen and oxygen atoms in total. The van der Waals surface area contributed by atoms with Crippen LogP contribution in [0.3, 0.4) is 0 Å². The Kier molecular flexibility index (Phi) is 2.49. The number of ketones is 1. The largest absolute Gasteiger partial charge is 0.441 e. The maximum Gasteiger partial charge on any atom is 0.192 e. The first-order valence-corrected chi connectivity index (χ1v) is 4.99. The number of Topliss-reactive ketones (excluding diaryl/α,β-unsaturated/α-hetero) is 1. The number of rotatable bonds is 2. The summed E-state index contributed by atoms with van der Waals surface area (Å²) in [5, 5.41) is 0.550. The number of carbonyl (C=O) groups is 1. The number of hydrogen-bond donors (Lipinski definition) is 0. The van der Waals surface area contributed by atoms with Crippen molar-refractivity contribution >= 4 is 28.5 Å². The molecule has 0 fully saturated rings. The number of aryl methyl sites for hydroxylation is 1. The first kappa shape index (κ1) is 10.2. The van der Waals surface area contributed by atoms with Crippen molar-refractivity contribution in [3.8, 4) is 0 Å². The molecule has 0 N–H and O–H groups in total. The van der Waals surface area contributed by atoms with Gasteiger partial charge in [0.15, 0.2) is 11.5 Å². The van der Waals surface area contributed by atoms with Crippen molar-refractivity contribution in [1.82, 2.24) is 4.98 Å². The van der Waals surface area contributed by atoms with E-state index in [1.165, 1.54) is 6.92 Å². The number of nitrogens with zero attached hydrogens (tertiary/aromatic N) is 1. The third-order valence-corrected chi connectivity index (χ3v) is 2.45. The van der Waals surface area contributed by atoms with E-state index in [4.69, 9.17) is 16.0 Å². The summed E-state index contributed by atoms with van der Waals surface area (Å²) >= 11 is 6.02. The van der Waals surface area contributed by atoms with Crippen LogP contribution in [0.5, 0.6) is 0 Å². The lowest BCUT2D eigenvalue weighted by atomic mass is 10.1. The minimum atomic E-state index is 0.0801. The Morgan fingerprint density at radius 2 is 2.27 bits per heavy atom. The molecule has 1 heterocycles. The minimum Gasteiger partial charge on any atom is -0.441 e. The molecule has 0 atom stereocenters. The first-order valence-electron chi connectivity index (χ1n) is 4.61. The van der Waals surface area contributed by atoms with Crippen LogP contribution in [0.15, 0.2) is 16.5 Å². The molecular weight excluding hydrogens is 214 g/mol. The molecule has 78 valence electrons. The second-order valence-electron chi connectivity index (χ2n) is 3.52. The number of hydrogen-bond acceptors (Lipinski definition) is 3. The number of benzene rings is 1. The van der Waals surface area contributed by atoms with Gasteiger partial charge in [-0.2, -0.15) is 0 Å². The van der Waals surface area contributed by atoms with Gasteiger partial charge in [-0.05, 0) is 18.6 Å². The molecule has 0 aliphatic heterocycles. The highest BCUT2D eigenvalue weighted by molar-refractivity contribution is 6.32. The Balaban J connectivity index is 2.55. The van der Waals surface area contributed by atoms with Crippen molar-refractivity contribution in [3.63, 3.8) is 0 Å². The third-order valence-electron chi connectivity index (χ3n) is 2.10. The summed E-state index contributed by atoms with van der Waals surface area (Å²) in [4.78, 5) is 15.2. The predicted octanol–water partition coefficient (Wildman–Crippen LogP) is 2.92. The highest BCUT2D eigenvalue weighted by atomic mass is 35.5. The van der Waals surface area contributed by atoms with E-state index in [-0.39, 0.29) is 5.78 Å². The number of carbonyl (C=O) groups excluding carboxylic acids is 1. The maximum atomic E-state index is 11.0. The van der Waals surface area contributed by atoms with Gasteiger partial charge in [-0.25, -0.2) is 4.98 Å². The molecule has 0 saturated carbocycles. The quantitative estimate of drug-likeness (QED) is 0.786. The summed E-state index contributed by atoms with van der Waals surface area (Å²) in [6.07, 6.45) is 0.334. The molecule has 0 amide bonds. The van der Waals surface area contributed by atoms with Crippen molar-refractivity contribution in [2.75, 3.05) is 0 Å². The van der Waals surface area contributed by atoms with E-state index in [9.17, 15) is 4.79 Å². The topological polar surface area (TPSA) is 43.1 Å². The van der Waals surface area contributed by atoms with E-state index in [2.05, 4.69) is 4.98 Å². The Bertz CT molecular complexity index is 531. The van der Waals surface area contributed by atoms with Crippen LogP contribution in [0.2, 0.25) is 5.02 Å². The summed E-state index contributed by atoms with van der Waals surface area (Å²) in [6.45, 7) is 3.31. The number of fused-ring (bicyclic) bond motifs is 1. The average Bonchev–Trinajstić information content (AvgIpc) is 2.44. The van der Waals surface area contributed by atoms with Crippen LogP contribution in [0.4, 0.5) is 0 Å². The van der Waals surface area contributed by atoms with Gasteiger partial charge in [0.25, 0.3) is 0 Å². The molecule has 0 aliphatic rings. The number of halogens is 1. The normalized spacial score (nSPS) is 10.9. The standard InChI is InChI=1S/C11H10ClNO2/c1-6(14)3-8-4-10-11(5-9(8)12)15-7(2)13-10/h4-5H,3H2,1-2H3. The predicted molar refractivity (Wildman–Crippen MR) is 58.1 cm³/mol. The van der Waals surface area contributed by atoms with Crippen molar-refractivity contribution in [3.05, 3.63) is 28.6 Å². The van der Waals surface area contributed by atoms with Gasteiger partial charge in [0.2, 0.25) is 0 Å². The lowest BCUT2D eigenvalue weighted by Gasteiger charge is -2.00. The van der Waals surface area contributed by atoms with E-state index in [1.807, 2.05) is 0 Å². The lowest BCUT2D eigenvalue weighted by Crippen LogP contribution is -1.96. The molecule has 0 spiro atoms. The van der Waals surface area contributed by atoms with Crippen LogP contribution < -0.4 is 0 Å². The molecule has 2 rings (SSSR count). The molecular formula is C11H10ClNO2. The molecule has 0 aliphatic carbocycles. The van der Waals surface area contributed by atoms with Gasteiger partial charge >= 0.3 is 0 Å². The smallest absolute Gasteiger partial charge is 0.192 e. The maximum absolute atomic E-state index is 11.0. The third kappa shape index (κ3) is 2.02. The summed E-state index contributed by atoms with van der Waals surface area (Å²) < 4.78 is 5.33. The SMILES string of the molecule is CC(=O)Cc1cc2nc(C)oc2cc1Cl. The number of oxazole rings is 1. The van der Waals surface area contributed by atoms with Crippen molar-refractivity contribution in [2.24, 2.45) is 0 Å². The van der Waals surface area contributed by atoms with Gasteiger partial charge < -0.3 is 4.42 Å². The van der Waals surface area contributed by atoms with E-state index < -0.39 is 0 Å². The van der Waals surface area contributed by atoms with Gasteiger partial charge in [-0.15, -0.1) is 0 Å². The van der Waals surface area contributed by atoms with Crippen LogP contribution >= 0.6 is 11.6 Å². The summed E-state index contributed by atoms with van der Waals surface area (Å²) in [5.41, 5.74) is 2.20. The molecule has 4 heteroatoms. The highest BCUT2D eigenvalue weighted by Crippen LogP contribution is 2.24. The van der Waals surface area contributed by atoms with Gasteiger partial charge in [0.1, 0.15) is 11.3 Å². The van der Waals surface area contributed by atoms with Crippen LogP contribution in [0.25, 0.3) is 11.1 Å². The minimum absolute atomic E-state index is 0.0801. The lowest BCUT2D eigenvalue weighted by molar-refractivity contribution is -0.116. The van der Waals surface area contributed by atoms with E-state index in [0.717, 1.165) is 11.1 Å². The molecule has 2 aromatic rings. The average molecular weight is 224 g/mol. The molecule has 1 aromatic carbocycles. The second-order valence-corrected chi connectivity index (χ2v) is 3.93. The molecule has 1 aromatic heterocycles. The van der Waals surface area contributed by atoms with Crippen LogP contribution in [0, 0.1) is 6.92 Å². The van der Waals surface area contributed by atoms with Gasteiger partial charge in [-0.1, -0.05) is 11.6 Å². The Morgan fingerprint density at radius 3 is 2.93 bits per heavy atom. The molecule has 15 heavy (non-hydrogen) atoms. The van der Waals surface area contributed by atoms with Crippen molar-refractivity contribution in [1.29, 1.82) is 0 Å². The Hall–Kier alpha value is -1.35. The molecule has 0 bridgehead atoms. The summed E-state index contributed by atoms with van der Waals surface area (Å²) in [5.74, 6) is 0.678. The Labute approximate surface area is 92.1 Å². The zero-order valence-electron chi connectivity index (χ0n) is 8.50. The molecule has 0 radical (unpaired) electrons. The van der Waals surface area contributed by atoms with E-state index in [1.54, 1.807) is 19.1 Å². The van der Waals surface area contributed by atoms with Crippen LogP contribution in [-0.2, 0) is 11.2 Å². The van der Waals surface area contributed by atoms with Gasteiger partial charge in [0.05, 0.1) is 0 Å². The Morgan fingerprint density at radius 1 is 1.53 bits per heavy atom. The fourth-order valence-electron chi connectivity index (χ4n) is 1.51. The van der Waals surface area contributed by atoms with Crippen LogP contribution in [0.1, 0.15) is 18.4 Å². The van der Waals surface area contributed by atoms with E-state index in [0.29, 0.717) is 22.9 Å². The first-order chi connectivity index (χ1) is 7.06. The molecule has 0 unspecified atom stereocenters. The zero-order chi connectivity index (χ0) is 11.0. The molecule has 0 saturated heterocycles. The van der Waals surface area contributed by atoms with E-state index >= 15 is 0 Å².